The lowest BCUT2D eigenvalue weighted by molar-refractivity contribution is 0.0465. The zero-order valence-electron chi connectivity index (χ0n) is 24.3. The van der Waals surface area contributed by atoms with Gasteiger partial charge in [0.15, 0.2) is 0 Å². The number of rotatable bonds is 15. The minimum atomic E-state index is -0.688. The number of aliphatic hydroxyl groups excluding tert-OH is 2. The number of nitrogens with two attached hydrogens (primary N) is 1. The Balaban J connectivity index is 1.62. The minimum Gasteiger partial charge on any atom is -0.491 e. The topological polar surface area (TPSA) is 82.2 Å². The number of halogens is 1. The lowest BCUT2D eigenvalue weighted by Gasteiger charge is -2.42. The Morgan fingerprint density at radius 3 is 2.73 bits per heavy atom. The number of aliphatic hydroxyl groups is 2. The van der Waals surface area contributed by atoms with E-state index in [4.69, 9.17) is 21.5 Å². The van der Waals surface area contributed by atoms with Crippen LogP contribution in [0.2, 0.25) is 5.02 Å². The molecule has 0 bridgehead atoms. The number of anilines is 1. The molecule has 41 heavy (non-hydrogen) atoms. The molecule has 0 amide bonds. The normalized spacial score (nSPS) is 21.8. The van der Waals surface area contributed by atoms with Crippen molar-refractivity contribution in [2.75, 3.05) is 37.7 Å². The molecule has 0 radical (unpaired) electrons. The third-order valence-corrected chi connectivity index (χ3v) is 9.47. The molecule has 0 aromatic heterocycles. The van der Waals surface area contributed by atoms with E-state index in [1.54, 1.807) is 6.08 Å². The lowest BCUT2D eigenvalue weighted by atomic mass is 9.70. The summed E-state index contributed by atoms with van der Waals surface area (Å²) < 4.78 is 8.47. The van der Waals surface area contributed by atoms with Gasteiger partial charge in [-0.15, -0.1) is 13.2 Å². The van der Waals surface area contributed by atoms with Gasteiger partial charge in [0, 0.05) is 49.3 Å². The standard InChI is InChI=1S/C33H46ClN3O3S/c1-4-7-8-16-37(41-35)21-32(39)24-11-15-33-30(18-24)36(19-25-10-13-29(25)31(38)6-3)20-26(22-40-33)28-14-12-27(34)17-23(28)9-5-2/h4,6,11-12,14-15,17-18,25-26,29,31-32,38-39H,1,3,5,7-10,13,16,19-22,35H2,2H3. The van der Waals surface area contributed by atoms with E-state index in [1.165, 1.54) is 23.3 Å². The Kier molecular flexibility index (Phi) is 12.0. The highest BCUT2D eigenvalue weighted by Gasteiger charge is 2.38. The summed E-state index contributed by atoms with van der Waals surface area (Å²) in [5, 5.41) is 28.5. The van der Waals surface area contributed by atoms with Crippen LogP contribution in [0.3, 0.4) is 0 Å². The van der Waals surface area contributed by atoms with E-state index in [9.17, 15) is 10.2 Å². The van der Waals surface area contributed by atoms with Crippen molar-refractivity contribution in [1.29, 1.82) is 0 Å². The third-order valence-electron chi connectivity index (χ3n) is 8.61. The van der Waals surface area contributed by atoms with Crippen LogP contribution >= 0.6 is 23.7 Å². The number of allylic oxidation sites excluding steroid dienone is 1. The van der Waals surface area contributed by atoms with Gasteiger partial charge in [-0.2, -0.15) is 0 Å². The molecule has 8 heteroatoms. The first kappa shape index (κ1) is 31.9. The van der Waals surface area contributed by atoms with Crippen LogP contribution in [0.15, 0.2) is 61.7 Å². The largest absolute Gasteiger partial charge is 0.491 e. The van der Waals surface area contributed by atoms with E-state index in [0.29, 0.717) is 19.1 Å². The summed E-state index contributed by atoms with van der Waals surface area (Å²) in [5.74, 6) is 1.55. The number of fused-ring (bicyclic) bond motifs is 1. The number of benzene rings is 2. The molecule has 1 saturated carbocycles. The second-order valence-corrected chi connectivity index (χ2v) is 12.6. The molecule has 1 heterocycles. The molecule has 4 N–H and O–H groups in total. The van der Waals surface area contributed by atoms with E-state index in [0.717, 1.165) is 80.2 Å². The fourth-order valence-electron chi connectivity index (χ4n) is 6.16. The molecule has 1 aliphatic heterocycles. The van der Waals surface area contributed by atoms with Gasteiger partial charge in [0.25, 0.3) is 0 Å². The predicted molar refractivity (Wildman–Crippen MR) is 172 cm³/mol. The molecule has 1 fully saturated rings. The van der Waals surface area contributed by atoms with Gasteiger partial charge in [0.1, 0.15) is 5.75 Å². The van der Waals surface area contributed by atoms with Gasteiger partial charge < -0.3 is 19.8 Å². The van der Waals surface area contributed by atoms with Gasteiger partial charge in [-0.25, -0.2) is 4.31 Å². The Morgan fingerprint density at radius 2 is 2.05 bits per heavy atom. The summed E-state index contributed by atoms with van der Waals surface area (Å²) in [6, 6.07) is 12.3. The molecule has 224 valence electrons. The van der Waals surface area contributed by atoms with E-state index >= 15 is 0 Å². The maximum absolute atomic E-state index is 11.2. The molecule has 5 atom stereocenters. The first-order chi connectivity index (χ1) is 19.9. The molecule has 0 spiro atoms. The van der Waals surface area contributed by atoms with Gasteiger partial charge in [-0.05, 0) is 84.9 Å². The second kappa shape index (κ2) is 15.5. The minimum absolute atomic E-state index is 0.159. The fraction of sp³-hybridized carbons (Fsp3) is 0.515. The molecule has 2 aromatic rings. The molecule has 6 nitrogen and oxygen atoms in total. The molecule has 0 saturated heterocycles. The van der Waals surface area contributed by atoms with Crippen molar-refractivity contribution in [2.24, 2.45) is 17.0 Å². The number of aryl methyl sites for hydroxylation is 1. The summed E-state index contributed by atoms with van der Waals surface area (Å²) in [5.41, 5.74) is 4.39. The van der Waals surface area contributed by atoms with Crippen LogP contribution in [-0.2, 0) is 6.42 Å². The van der Waals surface area contributed by atoms with Crippen LogP contribution < -0.4 is 14.8 Å². The second-order valence-electron chi connectivity index (χ2n) is 11.4. The van der Waals surface area contributed by atoms with Crippen LogP contribution in [0.25, 0.3) is 0 Å². The van der Waals surface area contributed by atoms with Crippen LogP contribution in [-0.4, -0.2) is 53.4 Å². The van der Waals surface area contributed by atoms with Crippen molar-refractivity contribution >= 4 is 29.4 Å². The average Bonchev–Trinajstić information content (AvgIpc) is 3.14. The van der Waals surface area contributed by atoms with Crippen LogP contribution in [0, 0.1) is 11.8 Å². The Labute approximate surface area is 255 Å². The highest BCUT2D eigenvalue weighted by atomic mass is 35.5. The monoisotopic (exact) mass is 599 g/mol. The van der Waals surface area contributed by atoms with E-state index in [1.807, 2.05) is 28.6 Å². The molecule has 1 aliphatic carbocycles. The molecular weight excluding hydrogens is 554 g/mol. The lowest BCUT2D eigenvalue weighted by Crippen LogP contribution is -2.43. The van der Waals surface area contributed by atoms with E-state index < -0.39 is 12.2 Å². The number of ether oxygens (including phenoxy) is 1. The summed E-state index contributed by atoms with van der Waals surface area (Å²) in [7, 11) is 0. The highest BCUT2D eigenvalue weighted by molar-refractivity contribution is 7.94. The Hall–Kier alpha value is -2.00. The Bertz CT molecular complexity index is 1160. The third kappa shape index (κ3) is 8.09. The summed E-state index contributed by atoms with van der Waals surface area (Å²) in [6.45, 7) is 13.2. The predicted octanol–water partition coefficient (Wildman–Crippen LogP) is 6.67. The van der Waals surface area contributed by atoms with Crippen molar-refractivity contribution in [3.8, 4) is 5.75 Å². The average molecular weight is 600 g/mol. The highest BCUT2D eigenvalue weighted by Crippen LogP contribution is 2.43. The van der Waals surface area contributed by atoms with Crippen molar-refractivity contribution in [1.82, 2.24) is 4.31 Å². The summed E-state index contributed by atoms with van der Waals surface area (Å²) >= 11 is 7.56. The smallest absolute Gasteiger partial charge is 0.142 e. The summed E-state index contributed by atoms with van der Waals surface area (Å²) in [6.07, 6.45) is 8.33. The first-order valence-corrected chi connectivity index (χ1v) is 16.1. The molecular formula is C33H46ClN3O3S. The number of hydrogen-bond acceptors (Lipinski definition) is 7. The van der Waals surface area contributed by atoms with Gasteiger partial charge in [0.2, 0.25) is 0 Å². The number of nitrogens with zero attached hydrogens (tertiary/aromatic N) is 2. The maximum atomic E-state index is 11.2. The van der Waals surface area contributed by atoms with Gasteiger partial charge in [-0.3, -0.25) is 5.14 Å². The van der Waals surface area contributed by atoms with Crippen molar-refractivity contribution < 1.29 is 14.9 Å². The van der Waals surface area contributed by atoms with Crippen molar-refractivity contribution in [3.05, 3.63) is 83.4 Å². The van der Waals surface area contributed by atoms with Crippen LogP contribution in [0.1, 0.15) is 67.7 Å². The van der Waals surface area contributed by atoms with Gasteiger partial charge in [0.05, 0.1) is 24.5 Å². The van der Waals surface area contributed by atoms with Crippen LogP contribution in [0.5, 0.6) is 5.75 Å². The molecule has 2 aromatic carbocycles. The van der Waals surface area contributed by atoms with E-state index in [-0.39, 0.29) is 11.8 Å². The Morgan fingerprint density at radius 1 is 1.22 bits per heavy atom. The van der Waals surface area contributed by atoms with E-state index in [2.05, 4.69) is 43.2 Å². The number of hydrogen-bond donors (Lipinski definition) is 3. The maximum Gasteiger partial charge on any atom is 0.142 e. The number of unbranched alkanes of at least 4 members (excludes halogenated alkanes) is 1. The zero-order chi connectivity index (χ0) is 29.4. The van der Waals surface area contributed by atoms with Crippen molar-refractivity contribution in [2.45, 2.75) is 63.6 Å². The first-order valence-electron chi connectivity index (χ1n) is 14.9. The molecule has 4 rings (SSSR count). The fourth-order valence-corrected chi connectivity index (χ4v) is 6.82. The SMILES string of the molecule is C=CCCCN(CC(O)c1ccc2c(c1)N(CC1CCC1C(O)C=C)CC(c1ccc(Cl)cc1CCC)CO2)SN. The summed E-state index contributed by atoms with van der Waals surface area (Å²) in [4.78, 5) is 2.42. The zero-order valence-corrected chi connectivity index (χ0v) is 25.8. The van der Waals surface area contributed by atoms with Crippen LogP contribution in [0.4, 0.5) is 5.69 Å². The van der Waals surface area contributed by atoms with Gasteiger partial charge in [-0.1, -0.05) is 49.2 Å². The van der Waals surface area contributed by atoms with Gasteiger partial charge >= 0.3 is 0 Å². The quantitative estimate of drug-likeness (QED) is 0.120. The van der Waals surface area contributed by atoms with Crippen molar-refractivity contribution in [3.63, 3.8) is 0 Å². The molecule has 2 aliphatic rings. The molecule has 5 unspecified atom stereocenters.